The second-order valence-electron chi connectivity index (χ2n) is 3.74. The molecular weight excluding hydrogens is 124 g/mol. The molecule has 0 aliphatic heterocycles. The summed E-state index contributed by atoms with van der Waals surface area (Å²) >= 11 is 0. The van der Waals surface area contributed by atoms with Crippen molar-refractivity contribution in [3.63, 3.8) is 0 Å². The number of hydrogen-bond donors (Lipinski definition) is 1. The summed E-state index contributed by atoms with van der Waals surface area (Å²) in [7, 11) is 0. The first-order chi connectivity index (χ1) is 4.65. The van der Waals surface area contributed by atoms with Gasteiger partial charge >= 0.3 is 0 Å². The van der Waals surface area contributed by atoms with Crippen LogP contribution in [-0.2, 0) is 0 Å². The average Bonchev–Trinajstić information content (AvgIpc) is 2.61. The van der Waals surface area contributed by atoms with E-state index in [4.69, 9.17) is 0 Å². The van der Waals surface area contributed by atoms with Gasteiger partial charge in [0.25, 0.3) is 0 Å². The van der Waals surface area contributed by atoms with E-state index in [-0.39, 0.29) is 11.5 Å². The van der Waals surface area contributed by atoms with Gasteiger partial charge in [0.2, 0.25) is 0 Å². The molecule has 1 rings (SSSR count). The predicted octanol–water partition coefficient (Wildman–Crippen LogP) is 2.19. The van der Waals surface area contributed by atoms with Crippen molar-refractivity contribution in [2.75, 3.05) is 0 Å². The molecule has 60 valence electrons. The molecule has 0 heterocycles. The summed E-state index contributed by atoms with van der Waals surface area (Å²) in [5.41, 5.74) is 0.281. The van der Waals surface area contributed by atoms with Gasteiger partial charge in [0.15, 0.2) is 0 Å². The van der Waals surface area contributed by atoms with Gasteiger partial charge in [0.05, 0.1) is 6.10 Å². The van der Waals surface area contributed by atoms with Gasteiger partial charge in [-0.1, -0.05) is 27.2 Å². The molecule has 0 amide bonds. The first-order valence-corrected chi connectivity index (χ1v) is 4.33. The van der Waals surface area contributed by atoms with Crippen LogP contribution in [-0.4, -0.2) is 11.2 Å². The fourth-order valence-corrected chi connectivity index (χ4v) is 1.96. The largest absolute Gasteiger partial charge is 0.393 e. The summed E-state index contributed by atoms with van der Waals surface area (Å²) in [6.07, 6.45) is 3.32. The van der Waals surface area contributed by atoms with Crippen molar-refractivity contribution in [2.24, 2.45) is 11.3 Å². The molecule has 1 nitrogen and oxygen atoms in total. The Balaban J connectivity index is 2.42. The van der Waals surface area contributed by atoms with E-state index in [0.717, 1.165) is 12.3 Å². The van der Waals surface area contributed by atoms with Crippen LogP contribution in [0.25, 0.3) is 0 Å². The molecule has 0 bridgehead atoms. The fourth-order valence-electron chi connectivity index (χ4n) is 1.96. The summed E-state index contributed by atoms with van der Waals surface area (Å²) in [6, 6.07) is 0. The summed E-state index contributed by atoms with van der Waals surface area (Å²) in [5.74, 6) is 0.794. The molecular formula is C9H18O. The second-order valence-corrected chi connectivity index (χ2v) is 3.74. The minimum atomic E-state index is -0.0579. The summed E-state index contributed by atoms with van der Waals surface area (Å²) in [6.45, 7) is 6.47. The van der Waals surface area contributed by atoms with E-state index >= 15 is 0 Å². The molecule has 1 heteroatoms. The quantitative estimate of drug-likeness (QED) is 0.640. The fraction of sp³-hybridized carbons (Fsp3) is 1.00. The Labute approximate surface area is 63.4 Å². The van der Waals surface area contributed by atoms with Crippen LogP contribution >= 0.6 is 0 Å². The highest BCUT2D eigenvalue weighted by Gasteiger charge is 2.52. The Kier molecular flexibility index (Phi) is 2.04. The van der Waals surface area contributed by atoms with Gasteiger partial charge in [-0.3, -0.25) is 0 Å². The van der Waals surface area contributed by atoms with E-state index in [9.17, 15) is 5.11 Å². The van der Waals surface area contributed by atoms with Crippen LogP contribution in [0.1, 0.15) is 40.0 Å². The Hall–Kier alpha value is -0.0400. The monoisotopic (exact) mass is 142 g/mol. The van der Waals surface area contributed by atoms with E-state index < -0.39 is 0 Å². The summed E-state index contributed by atoms with van der Waals surface area (Å²) in [5, 5.41) is 9.56. The van der Waals surface area contributed by atoms with Gasteiger partial charge in [0.1, 0.15) is 0 Å². The van der Waals surface area contributed by atoms with E-state index in [2.05, 4.69) is 20.8 Å². The van der Waals surface area contributed by atoms with E-state index in [1.54, 1.807) is 0 Å². The van der Waals surface area contributed by atoms with Crippen molar-refractivity contribution < 1.29 is 5.11 Å². The van der Waals surface area contributed by atoms with Gasteiger partial charge < -0.3 is 5.11 Å². The van der Waals surface area contributed by atoms with E-state index in [1.165, 1.54) is 12.8 Å². The molecule has 1 N–H and O–H groups in total. The Morgan fingerprint density at radius 2 is 2.20 bits per heavy atom. The molecule has 0 spiro atoms. The maximum absolute atomic E-state index is 9.56. The van der Waals surface area contributed by atoms with Crippen LogP contribution in [0.3, 0.4) is 0 Å². The zero-order valence-electron chi connectivity index (χ0n) is 7.22. The lowest BCUT2D eigenvalue weighted by molar-refractivity contribution is 0.0891. The lowest BCUT2D eigenvalue weighted by Gasteiger charge is -2.16. The van der Waals surface area contributed by atoms with Crippen molar-refractivity contribution in [3.05, 3.63) is 0 Å². The van der Waals surface area contributed by atoms with E-state index in [1.807, 2.05) is 0 Å². The van der Waals surface area contributed by atoms with Crippen LogP contribution in [0, 0.1) is 11.3 Å². The van der Waals surface area contributed by atoms with Crippen LogP contribution < -0.4 is 0 Å². The summed E-state index contributed by atoms with van der Waals surface area (Å²) < 4.78 is 0. The van der Waals surface area contributed by atoms with Gasteiger partial charge in [-0.25, -0.2) is 0 Å². The first-order valence-electron chi connectivity index (χ1n) is 4.33. The third-order valence-corrected chi connectivity index (χ3v) is 3.10. The topological polar surface area (TPSA) is 20.2 Å². The standard InChI is InChI=1S/C9H18O/c1-4-7-6-9(7,3)8(10)5-2/h7-8,10H,4-6H2,1-3H3. The van der Waals surface area contributed by atoms with Gasteiger partial charge in [-0.2, -0.15) is 0 Å². The molecule has 1 fully saturated rings. The Morgan fingerprint density at radius 1 is 1.60 bits per heavy atom. The normalized spacial score (nSPS) is 41.4. The predicted molar refractivity (Wildman–Crippen MR) is 42.8 cm³/mol. The number of rotatable bonds is 3. The molecule has 10 heavy (non-hydrogen) atoms. The van der Waals surface area contributed by atoms with Crippen molar-refractivity contribution in [1.82, 2.24) is 0 Å². The highest BCUT2D eigenvalue weighted by molar-refractivity contribution is 5.02. The Morgan fingerprint density at radius 3 is 2.50 bits per heavy atom. The molecule has 3 atom stereocenters. The Bertz CT molecular complexity index is 122. The number of aliphatic hydroxyl groups excluding tert-OH is 1. The zero-order chi connectivity index (χ0) is 7.78. The molecule has 3 unspecified atom stereocenters. The molecule has 0 radical (unpaired) electrons. The molecule has 1 aliphatic carbocycles. The van der Waals surface area contributed by atoms with Crippen LogP contribution in [0.2, 0.25) is 0 Å². The zero-order valence-corrected chi connectivity index (χ0v) is 7.22. The highest BCUT2D eigenvalue weighted by Crippen LogP contribution is 2.57. The third-order valence-electron chi connectivity index (χ3n) is 3.10. The molecule has 1 aliphatic rings. The number of aliphatic hydroxyl groups is 1. The highest BCUT2D eigenvalue weighted by atomic mass is 16.3. The van der Waals surface area contributed by atoms with Crippen molar-refractivity contribution in [3.8, 4) is 0 Å². The average molecular weight is 142 g/mol. The second kappa shape index (κ2) is 2.54. The maximum Gasteiger partial charge on any atom is 0.0593 e. The maximum atomic E-state index is 9.56. The van der Waals surface area contributed by atoms with Crippen LogP contribution in [0.4, 0.5) is 0 Å². The molecule has 0 aromatic rings. The minimum absolute atomic E-state index is 0.0579. The lowest BCUT2D eigenvalue weighted by atomic mass is 9.96. The molecule has 1 saturated carbocycles. The van der Waals surface area contributed by atoms with Crippen LogP contribution in [0.5, 0.6) is 0 Å². The van der Waals surface area contributed by atoms with Gasteiger partial charge in [-0.05, 0) is 24.2 Å². The SMILES string of the molecule is CCC(O)C1(C)CC1CC. The molecule has 0 aromatic carbocycles. The first kappa shape index (κ1) is 8.06. The summed E-state index contributed by atoms with van der Waals surface area (Å²) in [4.78, 5) is 0. The van der Waals surface area contributed by atoms with E-state index in [0.29, 0.717) is 0 Å². The smallest absolute Gasteiger partial charge is 0.0593 e. The van der Waals surface area contributed by atoms with Gasteiger partial charge in [0, 0.05) is 0 Å². The minimum Gasteiger partial charge on any atom is -0.393 e. The van der Waals surface area contributed by atoms with Crippen molar-refractivity contribution >= 4 is 0 Å². The van der Waals surface area contributed by atoms with Crippen molar-refractivity contribution in [1.29, 1.82) is 0 Å². The number of hydrogen-bond acceptors (Lipinski definition) is 1. The molecule has 0 saturated heterocycles. The third kappa shape index (κ3) is 1.07. The van der Waals surface area contributed by atoms with Crippen LogP contribution in [0.15, 0.2) is 0 Å². The van der Waals surface area contributed by atoms with Gasteiger partial charge in [-0.15, -0.1) is 0 Å². The molecule has 0 aromatic heterocycles. The lowest BCUT2D eigenvalue weighted by Crippen LogP contribution is -2.19. The van der Waals surface area contributed by atoms with Crippen molar-refractivity contribution in [2.45, 2.75) is 46.1 Å².